The average molecular weight is 142 g/mol. The molecule has 0 fully saturated rings. The predicted octanol–water partition coefficient (Wildman–Crippen LogP) is -1.29. The Balaban J connectivity index is 0. The van der Waals surface area contributed by atoms with Crippen molar-refractivity contribution >= 4 is 23.2 Å². The Kier molecular flexibility index (Phi) is 6.70. The van der Waals surface area contributed by atoms with Crippen LogP contribution >= 0.6 is 0 Å². The molecule has 0 unspecified atom stereocenters. The van der Waals surface area contributed by atoms with Gasteiger partial charge in [-0.2, -0.15) is 0 Å². The van der Waals surface area contributed by atoms with E-state index in [-0.39, 0.29) is 17.1 Å². The molecule has 0 radical (unpaired) electrons. The number of amides is 1. The van der Waals surface area contributed by atoms with E-state index < -0.39 is 6.09 Å². The molecule has 3 nitrogen and oxygen atoms in total. The first kappa shape index (κ1) is 8.84. The van der Waals surface area contributed by atoms with Crippen LogP contribution in [0, 0.1) is 0 Å². The maximum absolute atomic E-state index is 8.78. The topological polar surface area (TPSA) is 63.3 Å². The maximum atomic E-state index is 8.78. The summed E-state index contributed by atoms with van der Waals surface area (Å²) >= 11 is 0. The van der Waals surface area contributed by atoms with Gasteiger partial charge >= 0.3 is 23.2 Å². The van der Waals surface area contributed by atoms with Gasteiger partial charge in [0.2, 0.25) is 0 Å². The van der Waals surface area contributed by atoms with Crippen LogP contribution in [-0.2, 0) is 0 Å². The summed E-state index contributed by atoms with van der Waals surface area (Å²) in [4.78, 5) is 8.78. The van der Waals surface area contributed by atoms with Gasteiger partial charge in [-0.3, -0.25) is 0 Å². The second-order valence-electron chi connectivity index (χ2n) is 0.338. The van der Waals surface area contributed by atoms with E-state index in [1.54, 1.807) is 0 Å². The van der Waals surface area contributed by atoms with Crippen molar-refractivity contribution in [3.05, 3.63) is 0 Å². The number of primary amides is 1. The van der Waals surface area contributed by atoms with Gasteiger partial charge in [0.15, 0.2) is 0 Å². The first-order valence-corrected chi connectivity index (χ1v) is 0.716. The van der Waals surface area contributed by atoms with Gasteiger partial charge in [0, 0.05) is 0 Å². The Morgan fingerprint density at radius 3 is 1.80 bits per heavy atom. The van der Waals surface area contributed by atoms with E-state index >= 15 is 0 Å². The number of carbonyl (C=O) groups is 1. The zero-order valence-corrected chi connectivity index (χ0v) is 4.53. The van der Waals surface area contributed by atoms with Crippen LogP contribution in [-0.4, -0.2) is 28.3 Å². The van der Waals surface area contributed by atoms with Crippen molar-refractivity contribution in [2.24, 2.45) is 5.73 Å². The SMILES string of the molecule is NC(=O)O.[SeH2]. The monoisotopic (exact) mass is 143 g/mol. The fraction of sp³-hybridized carbons (Fsp3) is 0. The van der Waals surface area contributed by atoms with Gasteiger partial charge in [-0.1, -0.05) is 0 Å². The van der Waals surface area contributed by atoms with Gasteiger partial charge < -0.3 is 10.8 Å². The van der Waals surface area contributed by atoms with Crippen molar-refractivity contribution in [3.8, 4) is 0 Å². The molecule has 0 atom stereocenters. The van der Waals surface area contributed by atoms with Gasteiger partial charge in [-0.05, 0) is 0 Å². The number of hydrogen-bond acceptors (Lipinski definition) is 1. The first-order valence-electron chi connectivity index (χ1n) is 0.716. The van der Waals surface area contributed by atoms with E-state index in [2.05, 4.69) is 5.73 Å². The summed E-state index contributed by atoms with van der Waals surface area (Å²) in [5.41, 5.74) is 4.03. The molecular weight excluding hydrogens is 137 g/mol. The number of carboxylic acid groups (broad SMARTS) is 1. The van der Waals surface area contributed by atoms with Gasteiger partial charge in [0.25, 0.3) is 0 Å². The molecule has 0 bridgehead atoms. The molecule has 0 aromatic rings. The Morgan fingerprint density at radius 1 is 1.80 bits per heavy atom. The minimum atomic E-state index is -1.33. The third kappa shape index (κ3) is 274. The summed E-state index contributed by atoms with van der Waals surface area (Å²) in [6.07, 6.45) is -1.33. The fourth-order valence-corrected chi connectivity index (χ4v) is 0. The van der Waals surface area contributed by atoms with Crippen molar-refractivity contribution in [3.63, 3.8) is 0 Å². The van der Waals surface area contributed by atoms with Crippen molar-refractivity contribution in [2.75, 3.05) is 0 Å². The summed E-state index contributed by atoms with van der Waals surface area (Å²) in [7, 11) is 0. The molecule has 0 aliphatic rings. The van der Waals surface area contributed by atoms with Crippen LogP contribution in [0.5, 0.6) is 0 Å². The van der Waals surface area contributed by atoms with E-state index in [1.807, 2.05) is 0 Å². The van der Waals surface area contributed by atoms with Crippen LogP contribution in [0.3, 0.4) is 0 Å². The third-order valence-corrected chi connectivity index (χ3v) is 0. The Morgan fingerprint density at radius 2 is 1.80 bits per heavy atom. The van der Waals surface area contributed by atoms with Crippen LogP contribution < -0.4 is 5.73 Å². The molecule has 0 saturated carbocycles. The van der Waals surface area contributed by atoms with Gasteiger partial charge in [0.1, 0.15) is 0 Å². The zero-order chi connectivity index (χ0) is 3.58. The first-order chi connectivity index (χ1) is 1.73. The third-order valence-electron chi connectivity index (χ3n) is 0. The standard InChI is InChI=1S/CH3NO2.H2Se/c2-1(3)4;/h2H2,(H,3,4);1H2. The van der Waals surface area contributed by atoms with Crippen molar-refractivity contribution < 1.29 is 9.90 Å². The summed E-state index contributed by atoms with van der Waals surface area (Å²) in [6, 6.07) is 0. The normalized spacial score (nSPS) is 4.80. The van der Waals surface area contributed by atoms with Crippen molar-refractivity contribution in [2.45, 2.75) is 0 Å². The molecule has 0 aliphatic carbocycles. The van der Waals surface area contributed by atoms with Crippen LogP contribution in [0.1, 0.15) is 0 Å². The van der Waals surface area contributed by atoms with Crippen LogP contribution in [0.15, 0.2) is 0 Å². The second-order valence-corrected chi connectivity index (χ2v) is 0.338. The van der Waals surface area contributed by atoms with E-state index in [9.17, 15) is 0 Å². The fourth-order valence-electron chi connectivity index (χ4n) is 0. The van der Waals surface area contributed by atoms with Crippen LogP contribution in [0.2, 0.25) is 0 Å². The quantitative estimate of drug-likeness (QED) is 0.413. The van der Waals surface area contributed by atoms with E-state index in [4.69, 9.17) is 9.90 Å². The van der Waals surface area contributed by atoms with Gasteiger partial charge in [-0.15, -0.1) is 0 Å². The summed E-state index contributed by atoms with van der Waals surface area (Å²) in [5.74, 6) is 0. The Labute approximate surface area is 39.6 Å². The van der Waals surface area contributed by atoms with Gasteiger partial charge in [-0.25, -0.2) is 4.79 Å². The number of rotatable bonds is 0. The summed E-state index contributed by atoms with van der Waals surface area (Å²) in [5, 5.41) is 7.19. The molecule has 0 saturated heterocycles. The molecular formula is CH5NO2Se. The predicted molar refractivity (Wildman–Crippen MR) is 20.8 cm³/mol. The molecule has 0 aliphatic heterocycles. The molecule has 0 rings (SSSR count). The van der Waals surface area contributed by atoms with Crippen LogP contribution in [0.25, 0.3) is 0 Å². The molecule has 0 aromatic heterocycles. The molecule has 32 valence electrons. The summed E-state index contributed by atoms with van der Waals surface area (Å²) < 4.78 is 0. The van der Waals surface area contributed by atoms with E-state index in [1.165, 1.54) is 0 Å². The minimum absolute atomic E-state index is 0. The molecule has 1 amide bonds. The van der Waals surface area contributed by atoms with Crippen molar-refractivity contribution in [1.29, 1.82) is 0 Å². The number of hydrogen-bond donors (Lipinski definition) is 2. The van der Waals surface area contributed by atoms with E-state index in [0.717, 1.165) is 0 Å². The number of nitrogens with two attached hydrogens (primary N) is 1. The molecule has 0 heterocycles. The molecule has 5 heavy (non-hydrogen) atoms. The molecule has 0 aromatic carbocycles. The summed E-state index contributed by atoms with van der Waals surface area (Å²) in [6.45, 7) is 0. The van der Waals surface area contributed by atoms with Crippen molar-refractivity contribution in [1.82, 2.24) is 0 Å². The Bertz CT molecular complexity index is 32.6. The molecule has 3 N–H and O–H groups in total. The average Bonchev–Trinajstić information content (AvgIpc) is 0.811. The zero-order valence-electron chi connectivity index (χ0n) is 2.43. The van der Waals surface area contributed by atoms with Crippen LogP contribution in [0.4, 0.5) is 4.79 Å². The Hall–Kier alpha value is -0.211. The molecule has 0 spiro atoms. The second kappa shape index (κ2) is 3.79. The molecule has 4 heteroatoms. The van der Waals surface area contributed by atoms with E-state index in [0.29, 0.717) is 0 Å². The van der Waals surface area contributed by atoms with Gasteiger partial charge in [0.05, 0.1) is 0 Å².